The zero-order valence-electron chi connectivity index (χ0n) is 19.1. The lowest BCUT2D eigenvalue weighted by molar-refractivity contribution is -0.992. The van der Waals surface area contributed by atoms with Crippen LogP contribution in [0.3, 0.4) is 0 Å². The molecule has 35 heavy (non-hydrogen) atoms. The van der Waals surface area contributed by atoms with Crippen LogP contribution in [0.4, 0.5) is 10.5 Å². The van der Waals surface area contributed by atoms with Crippen molar-refractivity contribution >= 4 is 23.5 Å². The van der Waals surface area contributed by atoms with E-state index in [1.807, 2.05) is 30.3 Å². The van der Waals surface area contributed by atoms with Gasteiger partial charge in [0.25, 0.3) is 5.91 Å². The number of amides is 4. The van der Waals surface area contributed by atoms with Gasteiger partial charge in [-0.1, -0.05) is 30.3 Å². The fraction of sp³-hybridized carbons (Fsp3) is 0.417. The van der Waals surface area contributed by atoms with Crippen LogP contribution in [0.15, 0.2) is 47.3 Å². The van der Waals surface area contributed by atoms with E-state index in [0.29, 0.717) is 26.1 Å². The van der Waals surface area contributed by atoms with Crippen LogP contribution in [-0.2, 0) is 22.6 Å². The van der Waals surface area contributed by atoms with Crippen molar-refractivity contribution in [2.45, 2.75) is 37.8 Å². The second-order valence-electron chi connectivity index (χ2n) is 9.42. The van der Waals surface area contributed by atoms with E-state index in [0.717, 1.165) is 17.7 Å². The Labute approximate surface area is 201 Å². The van der Waals surface area contributed by atoms with Gasteiger partial charge < -0.3 is 20.0 Å². The van der Waals surface area contributed by atoms with Crippen LogP contribution < -0.4 is 16.1 Å². The van der Waals surface area contributed by atoms with Gasteiger partial charge in [0.05, 0.1) is 6.42 Å². The van der Waals surface area contributed by atoms with Crippen LogP contribution in [0, 0.1) is 11.1 Å². The number of likely N-dealkylation sites (tertiary alicyclic amines) is 1. The molecule has 0 saturated carbocycles. The molecule has 2 bridgehead atoms. The van der Waals surface area contributed by atoms with E-state index < -0.39 is 28.8 Å². The number of quaternary nitrogens is 1. The smallest absolute Gasteiger partial charge is 0.324 e. The maximum Gasteiger partial charge on any atom is 0.324 e. The van der Waals surface area contributed by atoms with E-state index in [4.69, 9.17) is 0 Å². The molecule has 3 aliphatic rings. The third kappa shape index (κ3) is 4.45. The van der Waals surface area contributed by atoms with Gasteiger partial charge in [-0.25, -0.2) is 10.0 Å². The molecule has 3 N–H and O–H groups in total. The van der Waals surface area contributed by atoms with Crippen LogP contribution in [0.5, 0.6) is 0 Å². The Morgan fingerprint density at radius 3 is 2.60 bits per heavy atom. The van der Waals surface area contributed by atoms with Gasteiger partial charge in [0, 0.05) is 43.9 Å². The molecule has 4 heterocycles. The van der Waals surface area contributed by atoms with E-state index in [1.165, 1.54) is 15.5 Å². The van der Waals surface area contributed by atoms with Crippen molar-refractivity contribution in [3.05, 3.63) is 69.3 Å². The number of urea groups is 1. The molecule has 1 aromatic heterocycles. The Morgan fingerprint density at radius 2 is 1.86 bits per heavy atom. The summed E-state index contributed by atoms with van der Waals surface area (Å²) in [4.78, 5) is 53.8. The predicted molar refractivity (Wildman–Crippen MR) is 123 cm³/mol. The molecular weight excluding hydrogens is 454 g/mol. The predicted octanol–water partition coefficient (Wildman–Crippen LogP) is -0.249. The van der Waals surface area contributed by atoms with Crippen molar-refractivity contribution in [1.29, 1.82) is 0 Å². The number of benzene rings is 1. The SMILES string of the molecule is O=C(CC1NC(=O)N(CCc2ccccc2)C1=O)N1CC2CC(C1)c1ccc([NH+]([O-])O)c(=O)n1C2. The Morgan fingerprint density at radius 1 is 1.09 bits per heavy atom. The van der Waals surface area contributed by atoms with Gasteiger partial charge in [-0.3, -0.25) is 19.3 Å². The lowest BCUT2D eigenvalue weighted by Crippen LogP contribution is -3.00. The van der Waals surface area contributed by atoms with E-state index >= 15 is 0 Å². The monoisotopic (exact) mass is 481 g/mol. The summed E-state index contributed by atoms with van der Waals surface area (Å²) < 4.78 is 1.52. The first-order chi connectivity index (χ1) is 16.8. The van der Waals surface area contributed by atoms with Crippen molar-refractivity contribution < 1.29 is 24.8 Å². The van der Waals surface area contributed by atoms with Crippen LogP contribution in [-0.4, -0.2) is 63.1 Å². The number of rotatable bonds is 6. The van der Waals surface area contributed by atoms with E-state index in [2.05, 4.69) is 5.32 Å². The van der Waals surface area contributed by atoms with Crippen LogP contribution >= 0.6 is 0 Å². The minimum Gasteiger partial charge on any atom is -0.595 e. The molecule has 0 radical (unpaired) electrons. The second kappa shape index (κ2) is 9.25. The van der Waals surface area contributed by atoms with Crippen molar-refractivity contribution in [1.82, 2.24) is 19.7 Å². The molecule has 5 rings (SSSR count). The zero-order chi connectivity index (χ0) is 24.7. The normalized spacial score (nSPS) is 24.2. The third-order valence-corrected chi connectivity index (χ3v) is 7.14. The lowest BCUT2D eigenvalue weighted by Gasteiger charge is -2.43. The number of carbonyl (C=O) groups is 3. The number of hydrogen-bond donors (Lipinski definition) is 3. The summed E-state index contributed by atoms with van der Waals surface area (Å²) in [5.74, 6) is -0.683. The van der Waals surface area contributed by atoms with E-state index in [9.17, 15) is 29.6 Å². The summed E-state index contributed by atoms with van der Waals surface area (Å²) in [5.41, 5.74) is 0.974. The highest BCUT2D eigenvalue weighted by Crippen LogP contribution is 2.35. The largest absolute Gasteiger partial charge is 0.595 e. The highest BCUT2D eigenvalue weighted by Gasteiger charge is 2.42. The number of piperidine rings is 1. The summed E-state index contributed by atoms with van der Waals surface area (Å²) in [6.45, 7) is 1.40. The Bertz CT molecular complexity index is 1210. The molecule has 0 spiro atoms. The topological polar surface area (TPSA) is 139 Å². The van der Waals surface area contributed by atoms with E-state index in [1.54, 1.807) is 11.0 Å². The van der Waals surface area contributed by atoms with Crippen LogP contribution in [0.25, 0.3) is 0 Å². The number of nitrogens with zero attached hydrogens (tertiary/aromatic N) is 3. The Balaban J connectivity index is 1.23. The average Bonchev–Trinajstić information content (AvgIpc) is 3.10. The molecule has 4 atom stereocenters. The summed E-state index contributed by atoms with van der Waals surface area (Å²) in [5, 5.41) is 22.0. The molecule has 3 aliphatic heterocycles. The van der Waals surface area contributed by atoms with Crippen molar-refractivity contribution in [3.8, 4) is 0 Å². The molecule has 2 aromatic rings. The highest BCUT2D eigenvalue weighted by molar-refractivity contribution is 6.05. The highest BCUT2D eigenvalue weighted by atomic mass is 16.8. The fourth-order valence-electron chi connectivity index (χ4n) is 5.43. The number of nitrogens with one attached hydrogen (secondary N) is 2. The molecule has 11 heteroatoms. The molecule has 0 aliphatic carbocycles. The number of hydrogen-bond acceptors (Lipinski definition) is 6. The minimum atomic E-state index is -1.25. The molecule has 4 unspecified atom stereocenters. The summed E-state index contributed by atoms with van der Waals surface area (Å²) >= 11 is 0. The Kier molecular flexibility index (Phi) is 6.13. The molecule has 11 nitrogen and oxygen atoms in total. The standard InChI is InChI=1S/C24H27N5O6/c30-21(11-18-22(31)27(24(33)25-18)9-8-15-4-2-1-3-5-15)26-12-16-10-17(14-26)19-6-7-20(29(34)35)23(32)28(19)13-16/h1-7,16-18,29,34H,8-14H2,(H,25,33). The summed E-state index contributed by atoms with van der Waals surface area (Å²) in [6.07, 6.45) is 1.23. The van der Waals surface area contributed by atoms with Gasteiger partial charge in [-0.15, -0.1) is 0 Å². The van der Waals surface area contributed by atoms with Gasteiger partial charge >= 0.3 is 11.6 Å². The summed E-state index contributed by atoms with van der Waals surface area (Å²) in [7, 11) is 0. The third-order valence-electron chi connectivity index (χ3n) is 7.14. The maximum atomic E-state index is 13.1. The van der Waals surface area contributed by atoms with Gasteiger partial charge in [0.15, 0.2) is 0 Å². The van der Waals surface area contributed by atoms with Crippen molar-refractivity contribution in [3.63, 3.8) is 0 Å². The number of fused-ring (bicyclic) bond motifs is 4. The summed E-state index contributed by atoms with van der Waals surface area (Å²) in [6, 6.07) is 11.2. The zero-order valence-corrected chi connectivity index (χ0v) is 19.1. The first-order valence-corrected chi connectivity index (χ1v) is 11.7. The quantitative estimate of drug-likeness (QED) is 0.384. The molecular formula is C24H27N5O6. The van der Waals surface area contributed by atoms with E-state index in [-0.39, 0.29) is 36.4 Å². The Hall–Kier alpha value is -3.54. The van der Waals surface area contributed by atoms with Gasteiger partial charge in [0.2, 0.25) is 11.6 Å². The molecule has 1 aromatic carbocycles. The number of aromatic nitrogens is 1. The van der Waals surface area contributed by atoms with Gasteiger partial charge in [-0.2, -0.15) is 5.23 Å². The van der Waals surface area contributed by atoms with Crippen LogP contribution in [0.1, 0.15) is 30.0 Å². The second-order valence-corrected chi connectivity index (χ2v) is 9.42. The maximum absolute atomic E-state index is 13.1. The van der Waals surface area contributed by atoms with Gasteiger partial charge in [0.1, 0.15) is 6.04 Å². The van der Waals surface area contributed by atoms with Crippen LogP contribution in [0.2, 0.25) is 0 Å². The van der Waals surface area contributed by atoms with Crippen molar-refractivity contribution in [2.24, 2.45) is 5.92 Å². The molecule has 184 valence electrons. The number of pyridine rings is 1. The van der Waals surface area contributed by atoms with Gasteiger partial charge in [-0.05, 0) is 30.4 Å². The number of carbonyl (C=O) groups excluding carboxylic acids is 3. The first kappa shape index (κ1) is 23.2. The minimum absolute atomic E-state index is 0.0168. The molecule has 2 fully saturated rings. The average molecular weight is 482 g/mol. The molecule has 2 saturated heterocycles. The molecule has 4 amide bonds. The fourth-order valence-corrected chi connectivity index (χ4v) is 5.43. The number of imide groups is 1. The first-order valence-electron chi connectivity index (χ1n) is 11.7. The van der Waals surface area contributed by atoms with Crippen molar-refractivity contribution in [2.75, 3.05) is 19.6 Å². The lowest BCUT2D eigenvalue weighted by atomic mass is 9.83.